The normalized spacial score (nSPS) is 11.3. The van der Waals surface area contributed by atoms with Crippen LogP contribution in [-0.2, 0) is 14.8 Å². The van der Waals surface area contributed by atoms with Gasteiger partial charge in [0, 0.05) is 5.69 Å². The molecular formula is C20H25NO4S. The monoisotopic (exact) mass is 375 g/mol. The molecule has 0 fully saturated rings. The molecule has 1 N–H and O–H groups in total. The van der Waals surface area contributed by atoms with Crippen molar-refractivity contribution in [1.82, 2.24) is 0 Å². The van der Waals surface area contributed by atoms with Gasteiger partial charge in [-0.2, -0.15) is 0 Å². The molecule has 0 unspecified atom stereocenters. The van der Waals surface area contributed by atoms with E-state index >= 15 is 0 Å². The van der Waals surface area contributed by atoms with Gasteiger partial charge in [0.05, 0.1) is 17.1 Å². The first-order valence-corrected chi connectivity index (χ1v) is 9.95. The highest BCUT2D eigenvalue weighted by Crippen LogP contribution is 2.30. The summed E-state index contributed by atoms with van der Waals surface area (Å²) in [5.41, 5.74) is 5.34. The topological polar surface area (TPSA) is 72.5 Å². The number of ether oxygens (including phenoxy) is 1. The van der Waals surface area contributed by atoms with Gasteiger partial charge in [0.2, 0.25) is 0 Å². The van der Waals surface area contributed by atoms with Gasteiger partial charge < -0.3 is 4.74 Å². The lowest BCUT2D eigenvalue weighted by molar-refractivity contribution is 0.0526. The average molecular weight is 375 g/mol. The number of hydrogen-bond acceptors (Lipinski definition) is 4. The van der Waals surface area contributed by atoms with Crippen molar-refractivity contribution >= 4 is 21.7 Å². The van der Waals surface area contributed by atoms with Gasteiger partial charge >= 0.3 is 5.97 Å². The van der Waals surface area contributed by atoms with Gasteiger partial charge in [0.1, 0.15) is 0 Å². The zero-order chi connectivity index (χ0) is 19.6. The third kappa shape index (κ3) is 3.75. The SMILES string of the molecule is CCOC(=O)c1ccc(NS(=O)(=O)c2c(C)c(C)c(C)c(C)c2C)cc1. The van der Waals surface area contributed by atoms with E-state index in [9.17, 15) is 13.2 Å². The van der Waals surface area contributed by atoms with Gasteiger partial charge in [0.25, 0.3) is 10.0 Å². The van der Waals surface area contributed by atoms with Crippen LogP contribution in [-0.4, -0.2) is 21.0 Å². The number of esters is 1. The van der Waals surface area contributed by atoms with Crippen LogP contribution in [0.3, 0.4) is 0 Å². The summed E-state index contributed by atoms with van der Waals surface area (Å²) >= 11 is 0. The van der Waals surface area contributed by atoms with Crippen LogP contribution in [0.2, 0.25) is 0 Å². The van der Waals surface area contributed by atoms with E-state index in [4.69, 9.17) is 4.74 Å². The molecule has 0 radical (unpaired) electrons. The Hall–Kier alpha value is -2.34. The van der Waals surface area contributed by atoms with Crippen LogP contribution in [0.25, 0.3) is 0 Å². The van der Waals surface area contributed by atoms with Crippen molar-refractivity contribution in [3.63, 3.8) is 0 Å². The fourth-order valence-corrected chi connectivity index (χ4v) is 4.62. The quantitative estimate of drug-likeness (QED) is 0.795. The number of rotatable bonds is 5. The summed E-state index contributed by atoms with van der Waals surface area (Å²) in [6, 6.07) is 6.20. The van der Waals surface area contributed by atoms with Crippen LogP contribution in [0.15, 0.2) is 29.2 Å². The zero-order valence-corrected chi connectivity index (χ0v) is 16.9. The van der Waals surface area contributed by atoms with Crippen LogP contribution in [0, 0.1) is 34.6 Å². The molecule has 0 aromatic heterocycles. The van der Waals surface area contributed by atoms with Crippen LogP contribution in [0.4, 0.5) is 5.69 Å². The molecule has 0 aliphatic carbocycles. The van der Waals surface area contributed by atoms with Gasteiger partial charge in [-0.3, -0.25) is 4.72 Å². The molecule has 0 saturated carbocycles. The Bertz CT molecular complexity index is 916. The molecule has 0 bridgehead atoms. The molecule has 0 amide bonds. The minimum Gasteiger partial charge on any atom is -0.462 e. The summed E-state index contributed by atoms with van der Waals surface area (Å²) < 4.78 is 33.5. The van der Waals surface area contributed by atoms with Crippen LogP contribution >= 0.6 is 0 Å². The predicted octanol–water partition coefficient (Wildman–Crippen LogP) is 4.21. The first kappa shape index (κ1) is 20.0. The lowest BCUT2D eigenvalue weighted by Gasteiger charge is -2.19. The van der Waals surface area contributed by atoms with E-state index in [1.54, 1.807) is 31.2 Å². The number of sulfonamides is 1. The fraction of sp³-hybridized carbons (Fsp3) is 0.350. The second-order valence-corrected chi connectivity index (χ2v) is 7.98. The van der Waals surface area contributed by atoms with Gasteiger partial charge in [-0.15, -0.1) is 0 Å². The van der Waals surface area contributed by atoms with Crippen molar-refractivity contribution in [3.05, 3.63) is 57.6 Å². The summed E-state index contributed by atoms with van der Waals surface area (Å²) in [6.45, 7) is 11.5. The van der Waals surface area contributed by atoms with E-state index in [2.05, 4.69) is 4.72 Å². The molecule has 140 valence electrons. The molecule has 2 aromatic rings. The molecule has 6 heteroatoms. The summed E-state index contributed by atoms with van der Waals surface area (Å²) in [4.78, 5) is 12.0. The Morgan fingerprint density at radius 1 is 0.885 bits per heavy atom. The summed E-state index contributed by atoms with van der Waals surface area (Å²) in [5, 5.41) is 0. The summed E-state index contributed by atoms with van der Waals surface area (Å²) in [7, 11) is -3.75. The van der Waals surface area contributed by atoms with Gasteiger partial charge in [-0.25, -0.2) is 13.2 Å². The Morgan fingerprint density at radius 2 is 1.35 bits per heavy atom. The summed E-state index contributed by atoms with van der Waals surface area (Å²) in [5.74, 6) is -0.432. The number of nitrogens with one attached hydrogen (secondary N) is 1. The summed E-state index contributed by atoms with van der Waals surface area (Å²) in [6.07, 6.45) is 0. The van der Waals surface area contributed by atoms with Crippen LogP contribution in [0.1, 0.15) is 45.1 Å². The van der Waals surface area contributed by atoms with E-state index in [1.165, 1.54) is 0 Å². The van der Waals surface area contributed by atoms with E-state index < -0.39 is 16.0 Å². The number of carbonyl (C=O) groups excluding carboxylic acids is 1. The lowest BCUT2D eigenvalue weighted by atomic mass is 9.95. The van der Waals surface area contributed by atoms with Crippen molar-refractivity contribution in [2.45, 2.75) is 46.4 Å². The maximum atomic E-state index is 13.0. The molecule has 5 nitrogen and oxygen atoms in total. The van der Waals surface area contributed by atoms with E-state index in [0.29, 0.717) is 16.1 Å². The minimum absolute atomic E-state index is 0.290. The lowest BCUT2D eigenvalue weighted by Crippen LogP contribution is -2.17. The second-order valence-electron chi connectivity index (χ2n) is 6.36. The number of hydrogen-bond donors (Lipinski definition) is 1. The fourth-order valence-electron chi connectivity index (χ4n) is 2.96. The van der Waals surface area contributed by atoms with Crippen LogP contribution in [0.5, 0.6) is 0 Å². The Morgan fingerprint density at radius 3 is 1.81 bits per heavy atom. The highest BCUT2D eigenvalue weighted by atomic mass is 32.2. The van der Waals surface area contributed by atoms with Crippen molar-refractivity contribution in [3.8, 4) is 0 Å². The van der Waals surface area contributed by atoms with Gasteiger partial charge in [-0.1, -0.05) is 0 Å². The third-order valence-corrected chi connectivity index (χ3v) is 6.50. The largest absolute Gasteiger partial charge is 0.462 e. The molecule has 0 saturated heterocycles. The van der Waals surface area contributed by atoms with Crippen molar-refractivity contribution in [2.24, 2.45) is 0 Å². The highest BCUT2D eigenvalue weighted by molar-refractivity contribution is 7.92. The van der Waals surface area contributed by atoms with E-state index in [1.807, 2.05) is 34.6 Å². The molecule has 0 atom stereocenters. The maximum absolute atomic E-state index is 13.0. The van der Waals surface area contributed by atoms with Crippen molar-refractivity contribution < 1.29 is 17.9 Å². The number of anilines is 1. The zero-order valence-electron chi connectivity index (χ0n) is 16.1. The minimum atomic E-state index is -3.75. The Kier molecular flexibility index (Phi) is 5.76. The van der Waals surface area contributed by atoms with E-state index in [-0.39, 0.29) is 6.61 Å². The second kappa shape index (κ2) is 7.50. The molecule has 0 aliphatic heterocycles. The first-order chi connectivity index (χ1) is 12.1. The highest BCUT2D eigenvalue weighted by Gasteiger charge is 2.23. The molecule has 26 heavy (non-hydrogen) atoms. The molecule has 0 aliphatic rings. The number of carbonyl (C=O) groups is 1. The van der Waals surface area contributed by atoms with Gasteiger partial charge in [-0.05, 0) is 93.6 Å². The first-order valence-electron chi connectivity index (χ1n) is 8.47. The predicted molar refractivity (Wildman–Crippen MR) is 103 cm³/mol. The standard InChI is InChI=1S/C20H25NO4S/c1-7-25-20(22)17-8-10-18(11-9-17)21-26(23,24)19-15(5)13(3)12(2)14(4)16(19)6/h8-11,21H,7H2,1-6H3. The maximum Gasteiger partial charge on any atom is 0.338 e. The smallest absolute Gasteiger partial charge is 0.338 e. The number of benzene rings is 2. The molecular weight excluding hydrogens is 350 g/mol. The van der Waals surface area contributed by atoms with Gasteiger partial charge in [0.15, 0.2) is 0 Å². The average Bonchev–Trinajstić information content (AvgIpc) is 2.58. The Labute approximate surface area is 155 Å². The van der Waals surface area contributed by atoms with Crippen LogP contribution < -0.4 is 4.72 Å². The van der Waals surface area contributed by atoms with Crippen molar-refractivity contribution in [1.29, 1.82) is 0 Å². The van der Waals surface area contributed by atoms with E-state index in [0.717, 1.165) is 27.8 Å². The van der Waals surface area contributed by atoms with Crippen molar-refractivity contribution in [2.75, 3.05) is 11.3 Å². The molecule has 2 rings (SSSR count). The molecule has 2 aromatic carbocycles. The third-order valence-electron chi connectivity index (χ3n) is 4.85. The Balaban J connectivity index is 2.40. The molecule has 0 heterocycles. The molecule has 0 spiro atoms.